The van der Waals surface area contributed by atoms with E-state index in [0.29, 0.717) is 30.2 Å². The lowest BCUT2D eigenvalue weighted by Gasteiger charge is -2.34. The van der Waals surface area contributed by atoms with E-state index in [1.165, 1.54) is 16.4 Å². The molecule has 1 N–H and O–H groups in total. The summed E-state index contributed by atoms with van der Waals surface area (Å²) in [5.41, 5.74) is 0.503. The van der Waals surface area contributed by atoms with Crippen molar-refractivity contribution >= 4 is 21.7 Å². The number of nitrogens with zero attached hydrogens (tertiary/aromatic N) is 2. The van der Waals surface area contributed by atoms with Crippen LogP contribution in [0, 0.1) is 29.4 Å². The molecule has 3 fully saturated rings. The van der Waals surface area contributed by atoms with Crippen molar-refractivity contribution in [1.82, 2.24) is 4.31 Å². The third-order valence-corrected chi connectivity index (χ3v) is 10.5. The van der Waals surface area contributed by atoms with E-state index in [4.69, 9.17) is 4.74 Å². The van der Waals surface area contributed by atoms with Crippen LogP contribution in [0.25, 0.3) is 11.1 Å². The van der Waals surface area contributed by atoms with Gasteiger partial charge in [0.15, 0.2) is 0 Å². The van der Waals surface area contributed by atoms with Crippen LogP contribution in [-0.4, -0.2) is 62.3 Å². The molecule has 1 aliphatic heterocycles. The zero-order valence-corrected chi connectivity index (χ0v) is 25.1. The number of hydrogen-bond donors (Lipinski definition) is 1. The summed E-state index contributed by atoms with van der Waals surface area (Å²) in [7, 11) is -3.38. The van der Waals surface area contributed by atoms with Crippen molar-refractivity contribution in [2.45, 2.75) is 31.7 Å². The molecule has 7 nitrogen and oxygen atoms in total. The molecule has 0 radical (unpaired) electrons. The molecule has 0 amide bonds. The Labute approximate surface area is 257 Å². The topological polar surface area (TPSA) is 87.2 Å². The maximum Gasteiger partial charge on any atom is 0.417 e. The van der Waals surface area contributed by atoms with Crippen LogP contribution in [0.2, 0.25) is 0 Å². The molecule has 4 aliphatic rings. The first-order valence-corrected chi connectivity index (χ1v) is 16.3. The van der Waals surface area contributed by atoms with Crippen molar-refractivity contribution in [2.75, 3.05) is 37.3 Å². The third-order valence-electron chi connectivity index (χ3n) is 9.20. The van der Waals surface area contributed by atoms with E-state index < -0.39 is 63.6 Å². The number of carboxylic acids is 1. The van der Waals surface area contributed by atoms with Gasteiger partial charge in [0.2, 0.25) is 10.0 Å². The van der Waals surface area contributed by atoms with Gasteiger partial charge in [-0.3, -0.25) is 4.79 Å². The van der Waals surface area contributed by atoms with Crippen molar-refractivity contribution in [2.24, 2.45) is 17.8 Å². The van der Waals surface area contributed by atoms with Crippen LogP contribution in [0.3, 0.4) is 0 Å². The van der Waals surface area contributed by atoms with E-state index in [9.17, 15) is 31.5 Å². The lowest BCUT2D eigenvalue weighted by atomic mass is 9.95. The van der Waals surface area contributed by atoms with Crippen molar-refractivity contribution in [1.29, 1.82) is 0 Å². The van der Waals surface area contributed by atoms with Crippen LogP contribution in [0.4, 0.5) is 27.6 Å². The molecule has 0 bridgehead atoms. The first kappa shape index (κ1) is 31.4. The SMILES string of the molecule is C=C1CC=C2C(=CC1OCc1cc(-c3ccc(N4CCN(S(C)(=O)=O)CC4)cc3F)c(C(F)(F)F)cc1F)C[C@H]1[C@H](C(=O)O)[C@@H]21. The third kappa shape index (κ3) is 6.05. The number of rotatable bonds is 7. The maximum absolute atomic E-state index is 15.5. The van der Waals surface area contributed by atoms with E-state index in [1.807, 2.05) is 12.2 Å². The van der Waals surface area contributed by atoms with Gasteiger partial charge in [-0.15, -0.1) is 0 Å². The van der Waals surface area contributed by atoms with Gasteiger partial charge in [-0.05, 0) is 77.5 Å². The van der Waals surface area contributed by atoms with E-state index in [0.717, 1.165) is 29.5 Å². The number of carboxylic acid groups (broad SMARTS) is 1. The lowest BCUT2D eigenvalue weighted by Crippen LogP contribution is -2.48. The number of hydrogen-bond acceptors (Lipinski definition) is 5. The standard InChI is InChI=1S/C32H31F5N2O5S/c1-17-3-5-21-18(11-24-29(21)30(24)31(40)41)13-28(17)44-16-19-12-23(25(15-26(19)33)32(35,36)37)22-6-4-20(14-27(22)34)38-7-9-39(10-8-38)45(2,42)43/h4-6,12-15,24,28-30H,1,3,7-11,16H2,2H3,(H,40,41)/t24-,28?,29+,30+/m1/s1. The minimum absolute atomic E-state index is 0.0281. The molecule has 2 aromatic carbocycles. The minimum Gasteiger partial charge on any atom is -0.481 e. The fourth-order valence-electron chi connectivity index (χ4n) is 6.79. The first-order valence-electron chi connectivity index (χ1n) is 14.5. The summed E-state index contributed by atoms with van der Waals surface area (Å²) in [5, 5.41) is 9.42. The highest BCUT2D eigenvalue weighted by Crippen LogP contribution is 2.63. The number of alkyl halides is 3. The van der Waals surface area contributed by atoms with E-state index in [2.05, 4.69) is 6.58 Å². The second-order valence-electron chi connectivity index (χ2n) is 12.0. The largest absolute Gasteiger partial charge is 0.481 e. The second-order valence-corrected chi connectivity index (χ2v) is 14.0. The molecule has 1 saturated heterocycles. The Bertz CT molecular complexity index is 1740. The number of aliphatic carboxylic acids is 1. The molecule has 1 unspecified atom stereocenters. The summed E-state index contributed by atoms with van der Waals surface area (Å²) in [6.07, 6.45) is 0.215. The molecule has 4 atom stereocenters. The van der Waals surface area contributed by atoms with Gasteiger partial charge in [-0.2, -0.15) is 17.5 Å². The summed E-state index contributed by atoms with van der Waals surface area (Å²) < 4.78 is 104. The highest BCUT2D eigenvalue weighted by atomic mass is 32.2. The molecule has 13 heteroatoms. The van der Waals surface area contributed by atoms with Gasteiger partial charge in [0.05, 0.1) is 30.4 Å². The fraction of sp³-hybridized carbons (Fsp3) is 0.406. The molecule has 1 heterocycles. The molecule has 0 spiro atoms. The van der Waals surface area contributed by atoms with E-state index in [-0.39, 0.29) is 49.1 Å². The van der Waals surface area contributed by atoms with Crippen molar-refractivity contribution < 1.29 is 45.0 Å². The number of allylic oxidation sites excluding steroid dienone is 3. The van der Waals surface area contributed by atoms with Gasteiger partial charge < -0.3 is 14.7 Å². The number of ether oxygens (including phenoxy) is 1. The summed E-state index contributed by atoms with van der Waals surface area (Å²) in [5.74, 6) is -3.34. The summed E-state index contributed by atoms with van der Waals surface area (Å²) in [6, 6.07) is 5.07. The normalized spacial score (nSPS) is 25.3. The zero-order chi connectivity index (χ0) is 32.4. The minimum atomic E-state index is -4.97. The van der Waals surface area contributed by atoms with Crippen LogP contribution < -0.4 is 4.90 Å². The molecule has 6 rings (SSSR count). The highest BCUT2D eigenvalue weighted by molar-refractivity contribution is 7.88. The molecule has 0 aromatic heterocycles. The number of sulfonamides is 1. The van der Waals surface area contributed by atoms with Crippen molar-refractivity contribution in [3.8, 4) is 11.1 Å². The Hall–Kier alpha value is -3.55. The van der Waals surface area contributed by atoms with E-state index >= 15 is 8.78 Å². The number of benzene rings is 2. The number of halogens is 5. The van der Waals surface area contributed by atoms with Crippen molar-refractivity contribution in [3.05, 3.63) is 88.5 Å². The molecule has 45 heavy (non-hydrogen) atoms. The molecule has 240 valence electrons. The molecule has 2 saturated carbocycles. The van der Waals surface area contributed by atoms with Gasteiger partial charge in [-0.1, -0.05) is 12.7 Å². The Kier molecular flexibility index (Phi) is 7.93. The number of carbonyl (C=O) groups is 1. The number of anilines is 1. The Morgan fingerprint density at radius 2 is 1.78 bits per heavy atom. The van der Waals surface area contributed by atoms with Crippen LogP contribution in [0.1, 0.15) is 24.0 Å². The van der Waals surface area contributed by atoms with Crippen LogP contribution in [0.5, 0.6) is 0 Å². The summed E-state index contributed by atoms with van der Waals surface area (Å²) in [6.45, 7) is 4.56. The Balaban J connectivity index is 1.23. The number of fused-ring (bicyclic) bond motifs is 3. The van der Waals surface area contributed by atoms with Crippen molar-refractivity contribution in [3.63, 3.8) is 0 Å². The van der Waals surface area contributed by atoms with Gasteiger partial charge in [0.1, 0.15) is 11.6 Å². The smallest absolute Gasteiger partial charge is 0.417 e. The predicted octanol–water partition coefficient (Wildman–Crippen LogP) is 5.78. The average Bonchev–Trinajstić information content (AvgIpc) is 3.61. The van der Waals surface area contributed by atoms with Crippen LogP contribution >= 0.6 is 0 Å². The van der Waals surface area contributed by atoms with Gasteiger partial charge in [-0.25, -0.2) is 17.2 Å². The lowest BCUT2D eigenvalue weighted by molar-refractivity contribution is -0.139. The first-order chi connectivity index (χ1) is 21.1. The quantitative estimate of drug-likeness (QED) is 0.302. The van der Waals surface area contributed by atoms with E-state index in [1.54, 1.807) is 4.90 Å². The molecular formula is C32H31F5N2O5S. The predicted molar refractivity (Wildman–Crippen MR) is 157 cm³/mol. The van der Waals surface area contributed by atoms with Gasteiger partial charge >= 0.3 is 12.1 Å². The Morgan fingerprint density at radius 3 is 2.40 bits per heavy atom. The van der Waals surface area contributed by atoms with Crippen LogP contribution in [-0.2, 0) is 32.3 Å². The highest BCUT2D eigenvalue weighted by Gasteiger charge is 2.61. The molecular weight excluding hydrogens is 619 g/mol. The van der Waals surface area contributed by atoms with Crippen LogP contribution in [0.15, 0.2) is 65.8 Å². The second kappa shape index (κ2) is 11.4. The summed E-state index contributed by atoms with van der Waals surface area (Å²) in [4.78, 5) is 13.2. The maximum atomic E-state index is 15.5. The zero-order valence-electron chi connectivity index (χ0n) is 24.3. The number of piperazine rings is 1. The average molecular weight is 651 g/mol. The van der Waals surface area contributed by atoms with Gasteiger partial charge in [0, 0.05) is 48.9 Å². The fourth-order valence-corrected chi connectivity index (χ4v) is 7.62. The summed E-state index contributed by atoms with van der Waals surface area (Å²) >= 11 is 0. The Morgan fingerprint density at radius 1 is 1.07 bits per heavy atom. The van der Waals surface area contributed by atoms with Gasteiger partial charge in [0.25, 0.3) is 0 Å². The molecule has 2 aromatic rings. The molecule has 3 aliphatic carbocycles. The monoisotopic (exact) mass is 650 g/mol.